The van der Waals surface area contributed by atoms with Gasteiger partial charge in [0, 0.05) is 11.4 Å². The van der Waals surface area contributed by atoms with Crippen molar-refractivity contribution in [3.8, 4) is 5.69 Å². The average Bonchev–Trinajstić information content (AvgIpc) is 3.09. The summed E-state index contributed by atoms with van der Waals surface area (Å²) in [6.07, 6.45) is 0. The van der Waals surface area contributed by atoms with Gasteiger partial charge in [0.2, 0.25) is 0 Å². The van der Waals surface area contributed by atoms with Gasteiger partial charge in [0.15, 0.2) is 0 Å². The fraction of sp³-hybridized carbons (Fsp3) is 0.133. The van der Waals surface area contributed by atoms with E-state index in [0.29, 0.717) is 11.5 Å². The number of aryl methyl sites for hydroxylation is 2. The Balaban J connectivity index is 1.97. The van der Waals surface area contributed by atoms with Crippen molar-refractivity contribution >= 4 is 23.1 Å². The van der Waals surface area contributed by atoms with E-state index in [9.17, 15) is 4.79 Å². The first-order valence-electron chi connectivity index (χ1n) is 6.47. The van der Waals surface area contributed by atoms with Crippen molar-refractivity contribution < 1.29 is 4.79 Å². The first kappa shape index (κ1) is 13.5. The highest BCUT2D eigenvalue weighted by Crippen LogP contribution is 2.20. The number of thiazole rings is 1. The van der Waals surface area contributed by atoms with Gasteiger partial charge in [0.25, 0.3) is 5.91 Å². The first-order valence-corrected chi connectivity index (χ1v) is 7.41. The summed E-state index contributed by atoms with van der Waals surface area (Å²) in [5.41, 5.74) is 4.92. The Morgan fingerprint density at radius 1 is 1.29 bits per heavy atom. The van der Waals surface area contributed by atoms with Gasteiger partial charge >= 0.3 is 0 Å². The number of nitrogens with zero attached hydrogens (tertiary/aromatic N) is 3. The van der Waals surface area contributed by atoms with Gasteiger partial charge < -0.3 is 5.32 Å². The second-order valence-corrected chi connectivity index (χ2v) is 5.42. The fourth-order valence-corrected chi connectivity index (χ4v) is 2.61. The lowest BCUT2D eigenvalue weighted by Crippen LogP contribution is -2.15. The monoisotopic (exact) mass is 298 g/mol. The summed E-state index contributed by atoms with van der Waals surface area (Å²) in [5, 5.41) is 9.04. The van der Waals surface area contributed by atoms with Crippen molar-refractivity contribution in [2.24, 2.45) is 0 Å². The number of anilines is 1. The normalized spacial score (nSPS) is 10.6. The van der Waals surface area contributed by atoms with Crippen LogP contribution in [0.5, 0.6) is 0 Å². The predicted molar refractivity (Wildman–Crippen MR) is 83.1 cm³/mol. The van der Waals surface area contributed by atoms with E-state index in [1.807, 2.05) is 44.2 Å². The molecule has 21 heavy (non-hydrogen) atoms. The van der Waals surface area contributed by atoms with Crippen LogP contribution in [0.3, 0.4) is 0 Å². The van der Waals surface area contributed by atoms with Crippen molar-refractivity contribution in [2.75, 3.05) is 5.32 Å². The molecule has 0 atom stereocenters. The number of hydrogen-bond donors (Lipinski definition) is 1. The van der Waals surface area contributed by atoms with E-state index in [2.05, 4.69) is 15.4 Å². The minimum absolute atomic E-state index is 0.231. The second-order valence-electron chi connectivity index (χ2n) is 4.70. The summed E-state index contributed by atoms with van der Waals surface area (Å²) >= 11 is 1.39. The van der Waals surface area contributed by atoms with Crippen molar-refractivity contribution in [3.05, 3.63) is 58.2 Å². The molecule has 0 spiro atoms. The molecule has 0 fully saturated rings. The van der Waals surface area contributed by atoms with Crippen LogP contribution in [0.2, 0.25) is 0 Å². The minimum atomic E-state index is -0.231. The molecule has 6 heteroatoms. The smallest absolute Gasteiger partial charge is 0.276 e. The highest BCUT2D eigenvalue weighted by molar-refractivity contribution is 7.07. The Morgan fingerprint density at radius 2 is 2.10 bits per heavy atom. The fourth-order valence-electron chi connectivity index (χ4n) is 2.08. The molecule has 1 amide bonds. The van der Waals surface area contributed by atoms with E-state index in [-0.39, 0.29) is 5.91 Å². The molecule has 0 bridgehead atoms. The van der Waals surface area contributed by atoms with Crippen LogP contribution in [0, 0.1) is 13.8 Å². The van der Waals surface area contributed by atoms with Crippen LogP contribution in [0.25, 0.3) is 5.69 Å². The van der Waals surface area contributed by atoms with Crippen molar-refractivity contribution in [2.45, 2.75) is 13.8 Å². The van der Waals surface area contributed by atoms with Gasteiger partial charge in [-0.05, 0) is 25.5 Å². The third-order valence-corrected chi connectivity index (χ3v) is 3.67. The van der Waals surface area contributed by atoms with E-state index in [0.717, 1.165) is 16.9 Å². The number of hydrogen-bond acceptors (Lipinski definition) is 4. The molecular weight excluding hydrogens is 284 g/mol. The van der Waals surface area contributed by atoms with Crippen LogP contribution in [0.1, 0.15) is 21.7 Å². The zero-order chi connectivity index (χ0) is 14.8. The number of amides is 1. The molecule has 2 aromatic heterocycles. The highest BCUT2D eigenvalue weighted by atomic mass is 32.1. The molecular formula is C15H14N4OS. The van der Waals surface area contributed by atoms with Gasteiger partial charge in [0.1, 0.15) is 11.5 Å². The summed E-state index contributed by atoms with van der Waals surface area (Å²) in [7, 11) is 0. The van der Waals surface area contributed by atoms with Gasteiger partial charge in [-0.3, -0.25) is 4.79 Å². The van der Waals surface area contributed by atoms with Gasteiger partial charge in [-0.15, -0.1) is 11.3 Å². The molecule has 0 unspecified atom stereocenters. The zero-order valence-corrected chi connectivity index (χ0v) is 12.5. The molecule has 3 aromatic rings. The molecule has 5 nitrogen and oxygen atoms in total. The number of rotatable bonds is 3. The summed E-state index contributed by atoms with van der Waals surface area (Å²) in [5.74, 6) is 0.408. The lowest BCUT2D eigenvalue weighted by molar-refractivity contribution is 0.102. The van der Waals surface area contributed by atoms with Crippen molar-refractivity contribution in [1.29, 1.82) is 0 Å². The van der Waals surface area contributed by atoms with Crippen LogP contribution in [-0.4, -0.2) is 20.7 Å². The Labute approximate surface area is 126 Å². The van der Waals surface area contributed by atoms with Crippen molar-refractivity contribution in [3.63, 3.8) is 0 Å². The van der Waals surface area contributed by atoms with Gasteiger partial charge in [0.05, 0.1) is 16.9 Å². The molecule has 0 radical (unpaired) electrons. The maximum atomic E-state index is 12.1. The molecule has 1 N–H and O–H groups in total. The topological polar surface area (TPSA) is 59.8 Å². The quantitative estimate of drug-likeness (QED) is 0.807. The van der Waals surface area contributed by atoms with E-state index < -0.39 is 0 Å². The maximum absolute atomic E-state index is 12.1. The Morgan fingerprint density at radius 3 is 2.81 bits per heavy atom. The SMILES string of the molecule is Cc1cc(NC(=O)c2cscn2)n(-c2ccccc2C)n1. The molecule has 2 heterocycles. The number of benzene rings is 1. The minimum Gasteiger partial charge on any atom is -0.305 e. The average molecular weight is 298 g/mol. The van der Waals surface area contributed by atoms with Gasteiger partial charge in [-0.1, -0.05) is 18.2 Å². The summed E-state index contributed by atoms with van der Waals surface area (Å²) in [6, 6.07) is 9.75. The molecule has 0 saturated carbocycles. The molecule has 1 aromatic carbocycles. The Bertz CT molecular complexity index is 777. The number of aromatic nitrogens is 3. The molecule has 0 aliphatic carbocycles. The van der Waals surface area contributed by atoms with Crippen molar-refractivity contribution in [1.82, 2.24) is 14.8 Å². The predicted octanol–water partition coefficient (Wildman–Crippen LogP) is 3.20. The molecule has 0 aliphatic rings. The second kappa shape index (κ2) is 5.49. The largest absolute Gasteiger partial charge is 0.305 e. The zero-order valence-electron chi connectivity index (χ0n) is 11.7. The third-order valence-electron chi connectivity index (χ3n) is 3.08. The van der Waals surface area contributed by atoms with Crippen LogP contribution < -0.4 is 5.32 Å². The van der Waals surface area contributed by atoms with Crippen LogP contribution in [0.15, 0.2) is 41.2 Å². The third kappa shape index (κ3) is 2.71. The number of carbonyl (C=O) groups is 1. The number of nitrogens with one attached hydrogen (secondary N) is 1. The van der Waals surface area contributed by atoms with Crippen LogP contribution >= 0.6 is 11.3 Å². The van der Waals surface area contributed by atoms with Gasteiger partial charge in [-0.2, -0.15) is 5.10 Å². The summed E-state index contributed by atoms with van der Waals surface area (Å²) < 4.78 is 1.74. The molecule has 0 aliphatic heterocycles. The number of carbonyl (C=O) groups excluding carboxylic acids is 1. The maximum Gasteiger partial charge on any atom is 0.276 e. The van der Waals surface area contributed by atoms with E-state index >= 15 is 0 Å². The lowest BCUT2D eigenvalue weighted by Gasteiger charge is -2.10. The Kier molecular flexibility index (Phi) is 3.53. The van der Waals surface area contributed by atoms with E-state index in [1.165, 1.54) is 11.3 Å². The molecule has 0 saturated heterocycles. The molecule has 106 valence electrons. The highest BCUT2D eigenvalue weighted by Gasteiger charge is 2.14. The Hall–Kier alpha value is -2.47. The van der Waals surface area contributed by atoms with E-state index in [4.69, 9.17) is 0 Å². The van der Waals surface area contributed by atoms with E-state index in [1.54, 1.807) is 15.6 Å². The van der Waals surface area contributed by atoms with Gasteiger partial charge in [-0.25, -0.2) is 9.67 Å². The standard InChI is InChI=1S/C15H14N4OS/c1-10-5-3-4-6-13(10)19-14(7-11(2)18-19)17-15(20)12-8-21-9-16-12/h3-9H,1-2H3,(H,17,20). The van der Waals surface area contributed by atoms with Crippen LogP contribution in [0.4, 0.5) is 5.82 Å². The lowest BCUT2D eigenvalue weighted by atomic mass is 10.2. The summed E-state index contributed by atoms with van der Waals surface area (Å²) in [6.45, 7) is 3.91. The first-order chi connectivity index (χ1) is 10.1. The van der Waals surface area contributed by atoms with Crippen LogP contribution in [-0.2, 0) is 0 Å². The number of para-hydroxylation sites is 1. The summed E-state index contributed by atoms with van der Waals surface area (Å²) in [4.78, 5) is 16.2. The molecule has 3 rings (SSSR count).